The van der Waals surface area contributed by atoms with Crippen molar-refractivity contribution in [2.45, 2.75) is 6.92 Å². The lowest BCUT2D eigenvalue weighted by Crippen LogP contribution is -1.90. The van der Waals surface area contributed by atoms with Gasteiger partial charge in [-0.3, -0.25) is 9.97 Å². The molecule has 0 saturated heterocycles. The fraction of sp³-hybridized carbons (Fsp3) is 0.111. The van der Waals surface area contributed by atoms with E-state index in [0.29, 0.717) is 5.69 Å². The Morgan fingerprint density at radius 3 is 2.64 bits per heavy atom. The van der Waals surface area contributed by atoms with Gasteiger partial charge in [0.05, 0.1) is 11.2 Å². The minimum Gasteiger partial charge on any atom is -0.343 e. The van der Waals surface area contributed by atoms with Crippen LogP contribution in [-0.2, 0) is 7.05 Å². The van der Waals surface area contributed by atoms with Crippen molar-refractivity contribution in [3.8, 4) is 11.1 Å². The monoisotopic (exact) mass is 291 g/mol. The van der Waals surface area contributed by atoms with Gasteiger partial charge < -0.3 is 4.57 Å². The molecule has 0 unspecified atom stereocenters. The summed E-state index contributed by atoms with van der Waals surface area (Å²) in [7, 11) is 2.03. The highest BCUT2D eigenvalue weighted by Gasteiger charge is 2.10. The molecular weight excluding hydrogens is 277 g/mol. The van der Waals surface area contributed by atoms with Gasteiger partial charge in [-0.1, -0.05) is 12.1 Å². The second-order valence-corrected chi connectivity index (χ2v) is 5.47. The molecule has 3 heterocycles. The number of aromatic nitrogens is 3. The number of pyridine rings is 2. The normalized spacial score (nSPS) is 11.4. The summed E-state index contributed by atoms with van der Waals surface area (Å²) in [5.41, 5.74) is 4.39. The van der Waals surface area contributed by atoms with Gasteiger partial charge in [-0.25, -0.2) is 4.39 Å². The van der Waals surface area contributed by atoms with Crippen LogP contribution in [-0.4, -0.2) is 14.5 Å². The van der Waals surface area contributed by atoms with Crippen LogP contribution in [0.1, 0.15) is 5.69 Å². The van der Waals surface area contributed by atoms with Gasteiger partial charge in [-0.15, -0.1) is 0 Å². The van der Waals surface area contributed by atoms with Crippen LogP contribution in [0.2, 0.25) is 0 Å². The number of benzene rings is 1. The fourth-order valence-electron chi connectivity index (χ4n) is 2.90. The van der Waals surface area contributed by atoms with Gasteiger partial charge in [-0.05, 0) is 30.7 Å². The summed E-state index contributed by atoms with van der Waals surface area (Å²) in [6.45, 7) is 1.67. The Labute approximate surface area is 127 Å². The molecule has 0 fully saturated rings. The lowest BCUT2D eigenvalue weighted by Gasteiger charge is -2.05. The van der Waals surface area contributed by atoms with Crippen molar-refractivity contribution in [1.82, 2.24) is 14.5 Å². The molecule has 108 valence electrons. The zero-order valence-electron chi connectivity index (χ0n) is 12.3. The van der Waals surface area contributed by atoms with E-state index in [2.05, 4.69) is 26.7 Å². The second-order valence-electron chi connectivity index (χ2n) is 5.47. The van der Waals surface area contributed by atoms with E-state index in [9.17, 15) is 4.39 Å². The lowest BCUT2D eigenvalue weighted by atomic mass is 10.0. The minimum absolute atomic E-state index is 0.279. The van der Waals surface area contributed by atoms with Crippen LogP contribution in [0.4, 0.5) is 4.39 Å². The highest BCUT2D eigenvalue weighted by molar-refractivity contribution is 6.08. The molecular formula is C18H14FN3. The molecule has 0 saturated carbocycles. The highest BCUT2D eigenvalue weighted by Crippen LogP contribution is 2.31. The maximum Gasteiger partial charge on any atom is 0.145 e. The van der Waals surface area contributed by atoms with Gasteiger partial charge in [-0.2, -0.15) is 0 Å². The Balaban J connectivity index is 1.99. The molecule has 3 aromatic heterocycles. The third kappa shape index (κ3) is 1.80. The molecule has 0 bridgehead atoms. The topological polar surface area (TPSA) is 30.7 Å². The maximum absolute atomic E-state index is 13.7. The Morgan fingerprint density at radius 2 is 1.82 bits per heavy atom. The first-order valence-electron chi connectivity index (χ1n) is 7.10. The Morgan fingerprint density at radius 1 is 0.955 bits per heavy atom. The minimum atomic E-state index is -0.279. The van der Waals surface area contributed by atoms with E-state index in [0.717, 1.165) is 32.9 Å². The lowest BCUT2D eigenvalue weighted by molar-refractivity contribution is 0.610. The van der Waals surface area contributed by atoms with Crippen LogP contribution in [0, 0.1) is 12.7 Å². The van der Waals surface area contributed by atoms with Crippen LogP contribution in [0.15, 0.2) is 48.9 Å². The largest absolute Gasteiger partial charge is 0.343 e. The van der Waals surface area contributed by atoms with E-state index < -0.39 is 0 Å². The number of rotatable bonds is 1. The molecule has 22 heavy (non-hydrogen) atoms. The SMILES string of the molecule is Cc1ncc(-c2ccc3c4cnccc4n(C)c3c2)cc1F. The van der Waals surface area contributed by atoms with Crippen molar-refractivity contribution in [3.05, 3.63) is 60.4 Å². The molecule has 0 N–H and O–H groups in total. The van der Waals surface area contributed by atoms with Gasteiger partial charge >= 0.3 is 0 Å². The molecule has 1 aromatic carbocycles. The Hall–Kier alpha value is -2.75. The summed E-state index contributed by atoms with van der Waals surface area (Å²) < 4.78 is 15.9. The molecule has 0 aliphatic carbocycles. The van der Waals surface area contributed by atoms with Gasteiger partial charge in [0.2, 0.25) is 0 Å². The van der Waals surface area contributed by atoms with E-state index in [1.807, 2.05) is 25.4 Å². The van der Waals surface area contributed by atoms with Crippen LogP contribution in [0.25, 0.3) is 32.9 Å². The first kappa shape index (κ1) is 13.0. The number of nitrogens with zero attached hydrogens (tertiary/aromatic N) is 3. The first-order valence-corrected chi connectivity index (χ1v) is 7.10. The quantitative estimate of drug-likeness (QED) is 0.525. The number of fused-ring (bicyclic) bond motifs is 3. The fourth-order valence-corrected chi connectivity index (χ4v) is 2.90. The molecule has 4 heteroatoms. The number of hydrogen-bond donors (Lipinski definition) is 0. The smallest absolute Gasteiger partial charge is 0.145 e. The standard InChI is InChI=1S/C18H14FN3/c1-11-16(19)7-13(9-21-11)12-3-4-14-15-10-20-6-5-17(15)22(2)18(14)8-12/h3-10H,1-2H3. The van der Waals surface area contributed by atoms with Crippen molar-refractivity contribution in [2.24, 2.45) is 7.05 Å². The van der Waals surface area contributed by atoms with Crippen molar-refractivity contribution in [1.29, 1.82) is 0 Å². The van der Waals surface area contributed by atoms with E-state index in [4.69, 9.17) is 0 Å². The van der Waals surface area contributed by atoms with E-state index in [1.54, 1.807) is 19.3 Å². The summed E-state index contributed by atoms with van der Waals surface area (Å²) >= 11 is 0. The van der Waals surface area contributed by atoms with Crippen LogP contribution in [0.5, 0.6) is 0 Å². The van der Waals surface area contributed by atoms with E-state index >= 15 is 0 Å². The summed E-state index contributed by atoms with van der Waals surface area (Å²) in [5, 5.41) is 2.27. The van der Waals surface area contributed by atoms with Gasteiger partial charge in [0.15, 0.2) is 0 Å². The molecule has 0 radical (unpaired) electrons. The summed E-state index contributed by atoms with van der Waals surface area (Å²) in [4.78, 5) is 8.31. The molecule has 0 atom stereocenters. The van der Waals surface area contributed by atoms with E-state index in [-0.39, 0.29) is 5.82 Å². The molecule has 4 rings (SSSR count). The Bertz CT molecular complexity index is 1020. The zero-order valence-corrected chi connectivity index (χ0v) is 12.3. The predicted octanol–water partition coefficient (Wildman–Crippen LogP) is 4.24. The van der Waals surface area contributed by atoms with Crippen molar-refractivity contribution >= 4 is 21.8 Å². The molecule has 0 spiro atoms. The maximum atomic E-state index is 13.7. The van der Waals surface area contributed by atoms with Gasteiger partial charge in [0.25, 0.3) is 0 Å². The van der Waals surface area contributed by atoms with Crippen LogP contribution in [0.3, 0.4) is 0 Å². The third-order valence-corrected chi connectivity index (χ3v) is 4.17. The zero-order chi connectivity index (χ0) is 15.3. The van der Waals surface area contributed by atoms with Crippen molar-refractivity contribution < 1.29 is 4.39 Å². The van der Waals surface area contributed by atoms with Crippen molar-refractivity contribution in [2.75, 3.05) is 0 Å². The predicted molar refractivity (Wildman–Crippen MR) is 86.1 cm³/mol. The number of halogens is 1. The molecule has 3 nitrogen and oxygen atoms in total. The van der Waals surface area contributed by atoms with E-state index in [1.165, 1.54) is 6.07 Å². The molecule has 0 aliphatic rings. The first-order chi connectivity index (χ1) is 10.6. The Kier molecular flexibility index (Phi) is 2.73. The molecule has 0 amide bonds. The average molecular weight is 291 g/mol. The molecule has 0 aliphatic heterocycles. The summed E-state index contributed by atoms with van der Waals surface area (Å²) in [6.07, 6.45) is 5.38. The third-order valence-electron chi connectivity index (χ3n) is 4.17. The average Bonchev–Trinajstić information content (AvgIpc) is 2.83. The highest BCUT2D eigenvalue weighted by atomic mass is 19.1. The van der Waals surface area contributed by atoms with Crippen LogP contribution < -0.4 is 0 Å². The van der Waals surface area contributed by atoms with Gasteiger partial charge in [0.1, 0.15) is 5.82 Å². The molecule has 4 aromatic rings. The second kappa shape index (κ2) is 4.63. The summed E-state index contributed by atoms with van der Waals surface area (Å²) in [6, 6.07) is 9.67. The van der Waals surface area contributed by atoms with Gasteiger partial charge in [0, 0.05) is 47.5 Å². The summed E-state index contributed by atoms with van der Waals surface area (Å²) in [5.74, 6) is -0.279. The van der Waals surface area contributed by atoms with Crippen LogP contribution >= 0.6 is 0 Å². The number of aryl methyl sites for hydroxylation is 2. The van der Waals surface area contributed by atoms with Crippen molar-refractivity contribution in [3.63, 3.8) is 0 Å². The number of hydrogen-bond acceptors (Lipinski definition) is 2.